The molecule has 0 spiro atoms. The summed E-state index contributed by atoms with van der Waals surface area (Å²) in [6.45, 7) is 0.153. The molecule has 0 aliphatic carbocycles. The summed E-state index contributed by atoms with van der Waals surface area (Å²) < 4.78 is 4.86. The number of benzene rings is 1. The van der Waals surface area contributed by atoms with E-state index in [2.05, 4.69) is 5.32 Å². The summed E-state index contributed by atoms with van der Waals surface area (Å²) in [7, 11) is 1.52. The molecule has 1 aromatic rings. The minimum Gasteiger partial charge on any atom is -0.394 e. The lowest BCUT2D eigenvalue weighted by molar-refractivity contribution is -0.117. The van der Waals surface area contributed by atoms with E-state index < -0.39 is 0 Å². The molecule has 0 aromatic heterocycles. The van der Waals surface area contributed by atoms with Crippen molar-refractivity contribution < 1.29 is 14.6 Å². The molecule has 0 bridgehead atoms. The minimum atomic E-state index is -0.368. The van der Waals surface area contributed by atoms with Crippen LogP contribution in [-0.4, -0.2) is 37.4 Å². The van der Waals surface area contributed by atoms with Crippen LogP contribution in [0.2, 0.25) is 0 Å². The van der Waals surface area contributed by atoms with Gasteiger partial charge in [-0.1, -0.05) is 30.3 Å². The summed E-state index contributed by atoms with van der Waals surface area (Å²) in [5.74, 6) is -0.245. The molecule has 1 aromatic carbocycles. The van der Waals surface area contributed by atoms with E-state index in [1.165, 1.54) is 13.2 Å². The molecule has 1 atom stereocenters. The number of aliphatic hydroxyl groups excluding tert-OH is 1. The van der Waals surface area contributed by atoms with Crippen molar-refractivity contribution >= 4 is 12.0 Å². The van der Waals surface area contributed by atoms with E-state index in [1.54, 1.807) is 6.08 Å². The van der Waals surface area contributed by atoms with Crippen molar-refractivity contribution in [2.45, 2.75) is 6.04 Å². The van der Waals surface area contributed by atoms with Crippen LogP contribution >= 0.6 is 0 Å². The lowest BCUT2D eigenvalue weighted by atomic mass is 10.2. The van der Waals surface area contributed by atoms with Gasteiger partial charge in [0.15, 0.2) is 0 Å². The topological polar surface area (TPSA) is 58.6 Å². The number of rotatable bonds is 6. The van der Waals surface area contributed by atoms with E-state index in [4.69, 9.17) is 9.84 Å². The minimum absolute atomic E-state index is 0.140. The highest BCUT2D eigenvalue weighted by Gasteiger charge is 2.08. The Morgan fingerprint density at radius 1 is 1.47 bits per heavy atom. The van der Waals surface area contributed by atoms with Crippen LogP contribution in [0.3, 0.4) is 0 Å². The largest absolute Gasteiger partial charge is 0.394 e. The molecule has 4 nitrogen and oxygen atoms in total. The zero-order valence-electron chi connectivity index (χ0n) is 9.80. The molecule has 0 heterocycles. The van der Waals surface area contributed by atoms with Gasteiger partial charge in [0.2, 0.25) is 5.91 Å². The molecule has 17 heavy (non-hydrogen) atoms. The van der Waals surface area contributed by atoms with E-state index in [0.717, 1.165) is 5.56 Å². The fraction of sp³-hybridized carbons (Fsp3) is 0.308. The zero-order valence-corrected chi connectivity index (χ0v) is 9.80. The first kappa shape index (κ1) is 13.4. The molecule has 0 saturated heterocycles. The predicted molar refractivity (Wildman–Crippen MR) is 66.4 cm³/mol. The standard InChI is InChI=1S/C13H17NO3/c1-17-10-12(9-15)14-13(16)8-7-11-5-3-2-4-6-11/h2-8,12,15H,9-10H2,1H3,(H,14,16)/b8-7+. The van der Waals surface area contributed by atoms with E-state index in [0.29, 0.717) is 6.61 Å². The molecule has 1 amide bonds. The van der Waals surface area contributed by atoms with Gasteiger partial charge in [-0.25, -0.2) is 0 Å². The Morgan fingerprint density at radius 2 is 2.18 bits per heavy atom. The van der Waals surface area contributed by atoms with Crippen molar-refractivity contribution in [3.63, 3.8) is 0 Å². The van der Waals surface area contributed by atoms with Gasteiger partial charge in [0.1, 0.15) is 0 Å². The van der Waals surface area contributed by atoms with E-state index in [1.807, 2.05) is 30.3 Å². The molecule has 0 saturated carbocycles. The van der Waals surface area contributed by atoms with Gasteiger partial charge >= 0.3 is 0 Å². The number of ether oxygens (including phenoxy) is 1. The first-order chi connectivity index (χ1) is 8.26. The molecular weight excluding hydrogens is 218 g/mol. The molecule has 0 aliphatic heterocycles. The van der Waals surface area contributed by atoms with Gasteiger partial charge in [-0.05, 0) is 11.6 Å². The van der Waals surface area contributed by atoms with Gasteiger partial charge in [-0.15, -0.1) is 0 Å². The summed E-state index contributed by atoms with van der Waals surface area (Å²) in [6.07, 6.45) is 3.16. The fourth-order valence-electron chi connectivity index (χ4n) is 1.33. The van der Waals surface area contributed by atoms with Crippen molar-refractivity contribution in [2.75, 3.05) is 20.3 Å². The first-order valence-electron chi connectivity index (χ1n) is 5.39. The highest BCUT2D eigenvalue weighted by molar-refractivity contribution is 5.91. The van der Waals surface area contributed by atoms with Crippen molar-refractivity contribution in [1.82, 2.24) is 5.32 Å². The number of amides is 1. The number of methoxy groups -OCH3 is 1. The van der Waals surface area contributed by atoms with Crippen LogP contribution in [0, 0.1) is 0 Å². The Kier molecular flexibility index (Phi) is 5.99. The zero-order chi connectivity index (χ0) is 12.5. The van der Waals surface area contributed by atoms with Crippen LogP contribution in [-0.2, 0) is 9.53 Å². The Hall–Kier alpha value is -1.65. The SMILES string of the molecule is COCC(CO)NC(=O)/C=C/c1ccccc1. The van der Waals surface area contributed by atoms with Gasteiger partial charge in [0.25, 0.3) is 0 Å². The molecule has 92 valence electrons. The average Bonchev–Trinajstić information content (AvgIpc) is 2.37. The Labute approximate surface area is 101 Å². The normalized spacial score (nSPS) is 12.6. The fourth-order valence-corrected chi connectivity index (χ4v) is 1.33. The van der Waals surface area contributed by atoms with Crippen LogP contribution in [0.4, 0.5) is 0 Å². The van der Waals surface area contributed by atoms with E-state index in [-0.39, 0.29) is 18.6 Å². The lowest BCUT2D eigenvalue weighted by Gasteiger charge is -2.13. The molecule has 0 aliphatic rings. The first-order valence-corrected chi connectivity index (χ1v) is 5.39. The monoisotopic (exact) mass is 235 g/mol. The second kappa shape index (κ2) is 7.60. The third-order valence-corrected chi connectivity index (χ3v) is 2.16. The van der Waals surface area contributed by atoms with Crippen molar-refractivity contribution in [3.8, 4) is 0 Å². The summed E-state index contributed by atoms with van der Waals surface area (Å²) in [6, 6.07) is 9.16. The van der Waals surface area contributed by atoms with Gasteiger partial charge in [-0.3, -0.25) is 4.79 Å². The predicted octanol–water partition coefficient (Wildman–Crippen LogP) is 0.823. The number of carbonyl (C=O) groups is 1. The number of nitrogens with one attached hydrogen (secondary N) is 1. The number of carbonyl (C=O) groups excluding carboxylic acids is 1. The molecular formula is C13H17NO3. The van der Waals surface area contributed by atoms with Crippen molar-refractivity contribution in [2.24, 2.45) is 0 Å². The van der Waals surface area contributed by atoms with Gasteiger partial charge in [-0.2, -0.15) is 0 Å². The third kappa shape index (κ3) is 5.29. The number of hydrogen-bond donors (Lipinski definition) is 2. The Bertz CT molecular complexity index is 362. The third-order valence-electron chi connectivity index (χ3n) is 2.16. The highest BCUT2D eigenvalue weighted by Crippen LogP contribution is 2.00. The summed E-state index contributed by atoms with van der Waals surface area (Å²) in [4.78, 5) is 11.5. The maximum atomic E-state index is 11.5. The maximum absolute atomic E-state index is 11.5. The average molecular weight is 235 g/mol. The lowest BCUT2D eigenvalue weighted by Crippen LogP contribution is -2.39. The van der Waals surface area contributed by atoms with Gasteiger partial charge < -0.3 is 15.2 Å². The second-order valence-electron chi connectivity index (χ2n) is 3.59. The van der Waals surface area contributed by atoms with Crippen LogP contribution < -0.4 is 5.32 Å². The Morgan fingerprint density at radius 3 is 2.76 bits per heavy atom. The quantitative estimate of drug-likeness (QED) is 0.718. The van der Waals surface area contributed by atoms with Gasteiger partial charge in [0.05, 0.1) is 19.3 Å². The highest BCUT2D eigenvalue weighted by atomic mass is 16.5. The molecule has 2 N–H and O–H groups in total. The van der Waals surface area contributed by atoms with E-state index >= 15 is 0 Å². The van der Waals surface area contributed by atoms with Crippen LogP contribution in [0.1, 0.15) is 5.56 Å². The van der Waals surface area contributed by atoms with Crippen LogP contribution in [0.15, 0.2) is 36.4 Å². The van der Waals surface area contributed by atoms with Crippen molar-refractivity contribution in [1.29, 1.82) is 0 Å². The van der Waals surface area contributed by atoms with E-state index in [9.17, 15) is 4.79 Å². The summed E-state index contributed by atoms with van der Waals surface area (Å²) in [5, 5.41) is 11.6. The van der Waals surface area contributed by atoms with Gasteiger partial charge in [0, 0.05) is 13.2 Å². The molecule has 4 heteroatoms. The molecule has 0 fully saturated rings. The molecule has 0 radical (unpaired) electrons. The molecule has 1 rings (SSSR count). The Balaban J connectivity index is 2.46. The smallest absolute Gasteiger partial charge is 0.244 e. The summed E-state index contributed by atoms with van der Waals surface area (Å²) in [5.41, 5.74) is 0.954. The maximum Gasteiger partial charge on any atom is 0.244 e. The second-order valence-corrected chi connectivity index (χ2v) is 3.59. The van der Waals surface area contributed by atoms with Crippen LogP contribution in [0.25, 0.3) is 6.08 Å². The van der Waals surface area contributed by atoms with Crippen molar-refractivity contribution in [3.05, 3.63) is 42.0 Å². The number of aliphatic hydroxyl groups is 1. The number of hydrogen-bond acceptors (Lipinski definition) is 3. The molecule has 1 unspecified atom stereocenters. The van der Waals surface area contributed by atoms with Crippen LogP contribution in [0.5, 0.6) is 0 Å². The summed E-state index contributed by atoms with van der Waals surface area (Å²) >= 11 is 0.